The Bertz CT molecular complexity index is 465. The van der Waals surface area contributed by atoms with E-state index in [0.717, 1.165) is 38.9 Å². The first kappa shape index (κ1) is 28.1. The minimum absolute atomic E-state index is 0.142. The van der Waals surface area contributed by atoms with Crippen LogP contribution in [-0.4, -0.2) is 26.0 Å². The smallest absolute Gasteiger partial charge is 0.0894 e. The lowest BCUT2D eigenvalue weighted by Gasteiger charge is -2.17. The Morgan fingerprint density at radius 3 is 1.74 bits per heavy atom. The zero-order valence-corrected chi connectivity index (χ0v) is 20.3. The van der Waals surface area contributed by atoms with Gasteiger partial charge >= 0.3 is 0 Å². The Labute approximate surface area is 192 Å². The first-order valence-electron chi connectivity index (χ1n) is 13.2. The van der Waals surface area contributed by atoms with Gasteiger partial charge in [0.15, 0.2) is 0 Å². The fourth-order valence-electron chi connectivity index (χ4n) is 3.96. The molecule has 0 aliphatic heterocycles. The Morgan fingerprint density at radius 2 is 1.23 bits per heavy atom. The van der Waals surface area contributed by atoms with Crippen molar-refractivity contribution in [3.05, 3.63) is 35.9 Å². The number of rotatable bonds is 23. The average Bonchev–Trinajstić information content (AvgIpc) is 2.80. The van der Waals surface area contributed by atoms with Crippen molar-refractivity contribution < 1.29 is 13.9 Å². The fourth-order valence-corrected chi connectivity index (χ4v) is 3.96. The van der Waals surface area contributed by atoms with Crippen molar-refractivity contribution >= 4 is 0 Å². The van der Waals surface area contributed by atoms with Crippen molar-refractivity contribution in [1.29, 1.82) is 0 Å². The molecule has 0 amide bonds. The molecule has 1 aromatic rings. The van der Waals surface area contributed by atoms with Crippen LogP contribution in [0.15, 0.2) is 30.3 Å². The Morgan fingerprint density at radius 1 is 0.710 bits per heavy atom. The molecule has 31 heavy (non-hydrogen) atoms. The zero-order chi connectivity index (χ0) is 22.2. The van der Waals surface area contributed by atoms with E-state index in [1.807, 2.05) is 6.07 Å². The summed E-state index contributed by atoms with van der Waals surface area (Å²) in [5, 5.41) is 0. The Hall–Kier alpha value is -0.930. The lowest BCUT2D eigenvalue weighted by Crippen LogP contribution is -2.20. The maximum atomic E-state index is 12.0. The van der Waals surface area contributed by atoms with Crippen LogP contribution in [0.2, 0.25) is 0 Å². The number of alkyl halides is 1. The lowest BCUT2D eigenvalue weighted by atomic mass is 10.0. The molecule has 0 heterocycles. The number of ether oxygens (including phenoxy) is 2. The highest BCUT2D eigenvalue weighted by Gasteiger charge is 2.08. The van der Waals surface area contributed by atoms with Gasteiger partial charge in [0.05, 0.1) is 26.0 Å². The van der Waals surface area contributed by atoms with Gasteiger partial charge in [-0.2, -0.15) is 0 Å². The van der Waals surface area contributed by atoms with Crippen LogP contribution in [0.4, 0.5) is 4.39 Å². The molecular weight excluding hydrogens is 387 g/mol. The van der Waals surface area contributed by atoms with Crippen LogP contribution >= 0.6 is 0 Å². The van der Waals surface area contributed by atoms with Crippen molar-refractivity contribution in [1.82, 2.24) is 0 Å². The molecule has 0 aliphatic rings. The number of unbranched alkanes of at least 4 members (excludes halogenated alkanes) is 13. The van der Waals surface area contributed by atoms with Gasteiger partial charge in [0.1, 0.15) is 0 Å². The van der Waals surface area contributed by atoms with Crippen LogP contribution < -0.4 is 0 Å². The van der Waals surface area contributed by atoms with Gasteiger partial charge in [-0.25, -0.2) is 0 Å². The number of hydrogen-bond acceptors (Lipinski definition) is 2. The summed E-state index contributed by atoms with van der Waals surface area (Å²) in [7, 11) is 0. The van der Waals surface area contributed by atoms with Crippen LogP contribution in [0.3, 0.4) is 0 Å². The van der Waals surface area contributed by atoms with E-state index in [1.54, 1.807) is 0 Å². The summed E-state index contributed by atoms with van der Waals surface area (Å²) >= 11 is 0. The van der Waals surface area contributed by atoms with E-state index in [2.05, 4.69) is 31.2 Å². The van der Waals surface area contributed by atoms with E-state index < -0.39 is 0 Å². The van der Waals surface area contributed by atoms with Crippen molar-refractivity contribution in [3.63, 3.8) is 0 Å². The second-order valence-corrected chi connectivity index (χ2v) is 8.92. The van der Waals surface area contributed by atoms with E-state index in [9.17, 15) is 4.39 Å². The van der Waals surface area contributed by atoms with Crippen molar-refractivity contribution in [2.45, 2.75) is 122 Å². The summed E-state index contributed by atoms with van der Waals surface area (Å²) in [6, 6.07) is 10.4. The molecule has 0 aliphatic carbocycles. The monoisotopic (exact) mass is 436 g/mol. The molecule has 0 N–H and O–H groups in total. The second kappa shape index (κ2) is 22.3. The van der Waals surface area contributed by atoms with Gasteiger partial charge in [0, 0.05) is 6.61 Å². The molecule has 1 atom stereocenters. The maximum Gasteiger partial charge on any atom is 0.0894 e. The van der Waals surface area contributed by atoms with Crippen molar-refractivity contribution in [2.24, 2.45) is 0 Å². The molecule has 1 unspecified atom stereocenters. The predicted molar refractivity (Wildman–Crippen MR) is 131 cm³/mol. The van der Waals surface area contributed by atoms with Crippen LogP contribution in [0, 0.1) is 0 Å². The standard InChI is InChI=1S/C28H49FO2/c1-2-20-28(31-25-27-21-16-15-17-22-27)26-30-24-19-14-12-10-8-6-4-3-5-7-9-11-13-18-23-29/h15-17,21-22,28H,2-14,18-20,23-26H2,1H3. The molecule has 180 valence electrons. The molecule has 0 spiro atoms. The van der Waals surface area contributed by atoms with Crippen molar-refractivity contribution in [2.75, 3.05) is 19.9 Å². The minimum Gasteiger partial charge on any atom is -0.379 e. The predicted octanol–water partition coefficient (Wildman–Crippen LogP) is 8.82. The summed E-state index contributed by atoms with van der Waals surface area (Å²) in [5.41, 5.74) is 1.23. The maximum absolute atomic E-state index is 12.0. The van der Waals surface area contributed by atoms with Gasteiger partial charge < -0.3 is 9.47 Å². The Balaban J connectivity index is 1.84. The topological polar surface area (TPSA) is 18.5 Å². The van der Waals surface area contributed by atoms with Crippen LogP contribution in [0.1, 0.15) is 115 Å². The molecule has 0 saturated heterocycles. The van der Waals surface area contributed by atoms with E-state index in [-0.39, 0.29) is 12.8 Å². The van der Waals surface area contributed by atoms with Gasteiger partial charge in [-0.3, -0.25) is 4.39 Å². The van der Waals surface area contributed by atoms with E-state index >= 15 is 0 Å². The molecule has 0 saturated carbocycles. The summed E-state index contributed by atoms with van der Waals surface area (Å²) in [5.74, 6) is 0. The molecule has 0 aromatic heterocycles. The van der Waals surface area contributed by atoms with Crippen LogP contribution in [0.5, 0.6) is 0 Å². The van der Waals surface area contributed by atoms with Gasteiger partial charge in [0.25, 0.3) is 0 Å². The summed E-state index contributed by atoms with van der Waals surface area (Å²) in [6.45, 7) is 4.32. The third kappa shape index (κ3) is 18.4. The average molecular weight is 437 g/mol. The highest BCUT2D eigenvalue weighted by Crippen LogP contribution is 2.13. The van der Waals surface area contributed by atoms with Gasteiger partial charge in [-0.05, 0) is 24.8 Å². The van der Waals surface area contributed by atoms with E-state index in [0.29, 0.717) is 6.61 Å². The molecule has 2 nitrogen and oxygen atoms in total. The molecule has 0 bridgehead atoms. The number of benzene rings is 1. The third-order valence-corrected chi connectivity index (χ3v) is 5.92. The Kier molecular flexibility index (Phi) is 20.2. The molecule has 3 heteroatoms. The molecular formula is C28H49FO2. The van der Waals surface area contributed by atoms with Crippen LogP contribution in [-0.2, 0) is 16.1 Å². The van der Waals surface area contributed by atoms with Gasteiger partial charge in [0.2, 0.25) is 0 Å². The SMILES string of the molecule is CCCC(COCCCCCCCCCCCCCCCCF)OCc1ccccc1. The summed E-state index contributed by atoms with van der Waals surface area (Å²) in [4.78, 5) is 0. The van der Waals surface area contributed by atoms with Crippen molar-refractivity contribution in [3.8, 4) is 0 Å². The molecule has 0 fully saturated rings. The highest BCUT2D eigenvalue weighted by atomic mass is 19.1. The van der Waals surface area contributed by atoms with Gasteiger partial charge in [-0.15, -0.1) is 0 Å². The van der Waals surface area contributed by atoms with E-state index in [1.165, 1.54) is 82.6 Å². The molecule has 1 rings (SSSR count). The minimum atomic E-state index is -0.142. The lowest BCUT2D eigenvalue weighted by molar-refractivity contribution is -0.0295. The van der Waals surface area contributed by atoms with Gasteiger partial charge in [-0.1, -0.05) is 121 Å². The normalized spacial score (nSPS) is 12.3. The first-order valence-corrected chi connectivity index (χ1v) is 13.2. The molecule has 1 aromatic carbocycles. The highest BCUT2D eigenvalue weighted by molar-refractivity contribution is 5.13. The number of hydrogen-bond donors (Lipinski definition) is 0. The number of halogens is 1. The second-order valence-electron chi connectivity index (χ2n) is 8.92. The summed E-state index contributed by atoms with van der Waals surface area (Å²) < 4.78 is 24.0. The zero-order valence-electron chi connectivity index (χ0n) is 20.3. The first-order chi connectivity index (χ1) is 15.4. The fraction of sp³-hybridized carbons (Fsp3) is 0.786. The van der Waals surface area contributed by atoms with Crippen LogP contribution in [0.25, 0.3) is 0 Å². The van der Waals surface area contributed by atoms with E-state index in [4.69, 9.17) is 9.47 Å². The molecule has 0 radical (unpaired) electrons. The summed E-state index contributed by atoms with van der Waals surface area (Å²) in [6.07, 6.45) is 20.1. The third-order valence-electron chi connectivity index (χ3n) is 5.92. The largest absolute Gasteiger partial charge is 0.379 e. The quantitative estimate of drug-likeness (QED) is 0.160.